The van der Waals surface area contributed by atoms with Gasteiger partial charge in [0.2, 0.25) is 5.75 Å². The van der Waals surface area contributed by atoms with Crippen LogP contribution in [0.4, 0.5) is 0 Å². The Bertz CT molecular complexity index is 933. The fourth-order valence-electron chi connectivity index (χ4n) is 4.04. The summed E-state index contributed by atoms with van der Waals surface area (Å²) in [5.41, 5.74) is 2.14. The van der Waals surface area contributed by atoms with Gasteiger partial charge in [-0.3, -0.25) is 4.79 Å². The summed E-state index contributed by atoms with van der Waals surface area (Å²) in [6, 6.07) is 13.9. The number of ether oxygens (including phenoxy) is 3. The molecule has 0 spiro atoms. The van der Waals surface area contributed by atoms with Gasteiger partial charge < -0.3 is 14.2 Å². The van der Waals surface area contributed by atoms with E-state index >= 15 is 0 Å². The number of methoxy groups -OCH3 is 3. The average molecular weight is 469 g/mol. The first-order chi connectivity index (χ1) is 15.6. The average Bonchev–Trinajstić information content (AvgIpc) is 2.76. The number of carbonyl (C=O) groups excluding carboxylic acids is 1. The van der Waals surface area contributed by atoms with E-state index in [1.807, 2.05) is 30.3 Å². The van der Waals surface area contributed by atoms with Gasteiger partial charge in [-0.25, -0.2) is 0 Å². The molecular weight excluding hydrogens is 432 g/mol. The van der Waals surface area contributed by atoms with E-state index in [1.165, 1.54) is 5.56 Å². The Labute approximate surface area is 203 Å². The third-order valence-electron chi connectivity index (χ3n) is 5.30. The van der Waals surface area contributed by atoms with Crippen molar-refractivity contribution in [3.63, 3.8) is 0 Å². The summed E-state index contributed by atoms with van der Waals surface area (Å²) in [5.74, 6) is 1.93. The second-order valence-electron chi connectivity index (χ2n) is 9.50. The molecule has 0 saturated carbocycles. The van der Waals surface area contributed by atoms with Gasteiger partial charge in [0.25, 0.3) is 0 Å². The summed E-state index contributed by atoms with van der Waals surface area (Å²) >= 11 is 5.71. The van der Waals surface area contributed by atoms with Crippen molar-refractivity contribution < 1.29 is 19.0 Å². The van der Waals surface area contributed by atoms with Crippen LogP contribution in [-0.4, -0.2) is 32.0 Å². The van der Waals surface area contributed by atoms with Crippen LogP contribution >= 0.6 is 12.2 Å². The maximum Gasteiger partial charge on any atom is 0.203 e. The highest BCUT2D eigenvalue weighted by atomic mass is 32.1. The van der Waals surface area contributed by atoms with Crippen molar-refractivity contribution in [2.75, 3.05) is 21.3 Å². The topological polar surface area (TPSA) is 44.8 Å². The van der Waals surface area contributed by atoms with Crippen molar-refractivity contribution in [2.24, 2.45) is 11.3 Å². The Kier molecular flexibility index (Phi) is 10.1. The molecule has 0 aromatic heterocycles. The van der Waals surface area contributed by atoms with Gasteiger partial charge >= 0.3 is 0 Å². The molecule has 0 radical (unpaired) electrons. The highest BCUT2D eigenvalue weighted by Gasteiger charge is 2.22. The molecule has 1 unspecified atom stereocenters. The van der Waals surface area contributed by atoms with Crippen LogP contribution in [-0.2, 0) is 11.2 Å². The molecule has 4 nitrogen and oxygen atoms in total. The van der Waals surface area contributed by atoms with Crippen molar-refractivity contribution in [3.8, 4) is 17.2 Å². The molecule has 0 aliphatic heterocycles. The van der Waals surface area contributed by atoms with E-state index in [0.717, 1.165) is 29.7 Å². The quantitative estimate of drug-likeness (QED) is 0.255. The summed E-state index contributed by atoms with van der Waals surface area (Å²) in [6.45, 7) is 6.61. The van der Waals surface area contributed by atoms with Gasteiger partial charge in [0.15, 0.2) is 17.3 Å². The molecule has 0 bridgehead atoms. The molecule has 0 heterocycles. The molecule has 0 fully saturated rings. The molecule has 0 saturated heterocycles. The first kappa shape index (κ1) is 26.6. The molecule has 5 heteroatoms. The highest BCUT2D eigenvalue weighted by molar-refractivity contribution is 7.80. The highest BCUT2D eigenvalue weighted by Crippen LogP contribution is 2.38. The van der Waals surface area contributed by atoms with Crippen LogP contribution in [0.2, 0.25) is 0 Å². The largest absolute Gasteiger partial charge is 0.493 e. The van der Waals surface area contributed by atoms with Gasteiger partial charge in [-0.15, -0.1) is 0 Å². The van der Waals surface area contributed by atoms with E-state index in [4.69, 9.17) is 26.4 Å². The van der Waals surface area contributed by atoms with Gasteiger partial charge in [0, 0.05) is 12.8 Å². The SMILES string of the molecule is COc1cc(/C=C/C(=O)CC(CC(=S)Cc2ccccc2)CC(C)(C)C)cc(OC)c1OC. The fourth-order valence-corrected chi connectivity index (χ4v) is 4.44. The third kappa shape index (κ3) is 9.01. The maximum absolute atomic E-state index is 12.9. The summed E-state index contributed by atoms with van der Waals surface area (Å²) in [6.07, 6.45) is 6.37. The summed E-state index contributed by atoms with van der Waals surface area (Å²) in [4.78, 5) is 13.9. The number of hydrogen-bond acceptors (Lipinski definition) is 5. The van der Waals surface area contributed by atoms with E-state index in [9.17, 15) is 4.79 Å². The van der Waals surface area contributed by atoms with Crippen LogP contribution in [0.3, 0.4) is 0 Å². The second-order valence-corrected chi connectivity index (χ2v) is 10.1. The van der Waals surface area contributed by atoms with Crippen LogP contribution in [0.5, 0.6) is 17.2 Å². The zero-order chi connectivity index (χ0) is 24.4. The van der Waals surface area contributed by atoms with Gasteiger partial charge in [-0.1, -0.05) is 69.4 Å². The van der Waals surface area contributed by atoms with Gasteiger partial charge in [-0.2, -0.15) is 0 Å². The molecule has 1 atom stereocenters. The molecule has 0 aliphatic carbocycles. The predicted octanol–water partition coefficient (Wildman–Crippen LogP) is 6.74. The van der Waals surface area contributed by atoms with Gasteiger partial charge in [0.1, 0.15) is 0 Å². The lowest BCUT2D eigenvalue weighted by Gasteiger charge is -2.25. The van der Waals surface area contributed by atoms with Crippen LogP contribution in [0.25, 0.3) is 6.08 Å². The minimum Gasteiger partial charge on any atom is -0.493 e. The third-order valence-corrected chi connectivity index (χ3v) is 5.61. The Hall–Kier alpha value is -2.66. The summed E-state index contributed by atoms with van der Waals surface area (Å²) in [5, 5.41) is 0. The summed E-state index contributed by atoms with van der Waals surface area (Å²) in [7, 11) is 4.72. The Morgan fingerprint density at radius 3 is 2.09 bits per heavy atom. The Balaban J connectivity index is 2.10. The maximum atomic E-state index is 12.9. The smallest absolute Gasteiger partial charge is 0.203 e. The molecule has 178 valence electrons. The number of carbonyl (C=O) groups is 1. The van der Waals surface area contributed by atoms with E-state index in [1.54, 1.807) is 33.5 Å². The van der Waals surface area contributed by atoms with Crippen molar-refractivity contribution in [1.82, 2.24) is 0 Å². The van der Waals surface area contributed by atoms with E-state index < -0.39 is 0 Å². The number of hydrogen-bond donors (Lipinski definition) is 0. The molecule has 2 aromatic carbocycles. The van der Waals surface area contributed by atoms with Crippen LogP contribution in [0, 0.1) is 11.3 Å². The Morgan fingerprint density at radius 2 is 1.58 bits per heavy atom. The van der Waals surface area contributed by atoms with E-state index in [0.29, 0.717) is 23.7 Å². The minimum absolute atomic E-state index is 0.0838. The molecule has 0 amide bonds. The lowest BCUT2D eigenvalue weighted by molar-refractivity contribution is -0.115. The fraction of sp³-hybridized carbons (Fsp3) is 0.429. The predicted molar refractivity (Wildman–Crippen MR) is 140 cm³/mol. The summed E-state index contributed by atoms with van der Waals surface area (Å²) < 4.78 is 16.2. The number of benzene rings is 2. The monoisotopic (exact) mass is 468 g/mol. The number of thiocarbonyl (C=S) groups is 1. The molecular formula is C28H36O4S. The molecule has 2 aromatic rings. The van der Waals surface area contributed by atoms with E-state index in [2.05, 4.69) is 32.9 Å². The lowest BCUT2D eigenvalue weighted by atomic mass is 9.80. The molecule has 0 N–H and O–H groups in total. The number of allylic oxidation sites excluding steroid dienone is 1. The zero-order valence-electron chi connectivity index (χ0n) is 20.6. The first-order valence-corrected chi connectivity index (χ1v) is 11.6. The second kappa shape index (κ2) is 12.5. The van der Waals surface area contributed by atoms with E-state index in [-0.39, 0.29) is 17.1 Å². The normalized spacial score (nSPS) is 12.4. The molecule has 33 heavy (non-hydrogen) atoms. The van der Waals surface area contributed by atoms with Crippen LogP contribution in [0.15, 0.2) is 48.5 Å². The van der Waals surface area contributed by atoms with Crippen molar-refractivity contribution >= 4 is 28.9 Å². The number of ketones is 1. The van der Waals surface area contributed by atoms with Crippen molar-refractivity contribution in [3.05, 3.63) is 59.7 Å². The van der Waals surface area contributed by atoms with Crippen molar-refractivity contribution in [1.29, 1.82) is 0 Å². The van der Waals surface area contributed by atoms with Crippen LogP contribution < -0.4 is 14.2 Å². The lowest BCUT2D eigenvalue weighted by Crippen LogP contribution is -2.19. The van der Waals surface area contributed by atoms with Gasteiger partial charge in [-0.05, 0) is 58.4 Å². The molecule has 0 aliphatic rings. The standard InChI is InChI=1S/C28H36O4S/c1-28(2,3)19-22(16-24(33)15-20-10-8-7-9-11-20)14-23(29)13-12-21-17-25(30-4)27(32-6)26(18-21)31-5/h7-13,17-18,22H,14-16,19H2,1-6H3/b13-12+. The van der Waals surface area contributed by atoms with Gasteiger partial charge in [0.05, 0.1) is 21.3 Å². The number of rotatable bonds is 12. The van der Waals surface area contributed by atoms with Crippen molar-refractivity contribution in [2.45, 2.75) is 46.5 Å². The zero-order valence-corrected chi connectivity index (χ0v) is 21.5. The molecule has 2 rings (SSSR count). The Morgan fingerprint density at radius 1 is 0.970 bits per heavy atom. The first-order valence-electron chi connectivity index (χ1n) is 11.2. The minimum atomic E-state index is 0.0838. The van der Waals surface area contributed by atoms with Crippen LogP contribution in [0.1, 0.15) is 51.2 Å².